The highest BCUT2D eigenvalue weighted by Crippen LogP contribution is 2.38. The molecule has 24 heavy (non-hydrogen) atoms. The van der Waals surface area contributed by atoms with Gasteiger partial charge in [-0.1, -0.05) is 11.6 Å². The first-order valence-electron chi connectivity index (χ1n) is 7.50. The molecule has 0 bridgehead atoms. The summed E-state index contributed by atoms with van der Waals surface area (Å²) in [7, 11) is 0. The van der Waals surface area contributed by atoms with Crippen molar-refractivity contribution in [3.63, 3.8) is 0 Å². The summed E-state index contributed by atoms with van der Waals surface area (Å²) in [5.41, 5.74) is 1.71. The third-order valence-electron chi connectivity index (χ3n) is 3.82. The number of hydrogen-bond donors (Lipinski definition) is 0. The van der Waals surface area contributed by atoms with E-state index >= 15 is 0 Å². The van der Waals surface area contributed by atoms with Crippen LogP contribution in [0.25, 0.3) is 11.3 Å². The van der Waals surface area contributed by atoms with Crippen LogP contribution in [0.3, 0.4) is 0 Å². The van der Waals surface area contributed by atoms with Crippen LogP contribution >= 0.6 is 11.6 Å². The van der Waals surface area contributed by atoms with Crippen molar-refractivity contribution in [2.24, 2.45) is 0 Å². The maximum absolute atomic E-state index is 13.0. The van der Waals surface area contributed by atoms with Crippen molar-refractivity contribution < 1.29 is 18.7 Å². The Bertz CT molecular complexity index is 882. The van der Waals surface area contributed by atoms with Crippen molar-refractivity contribution >= 4 is 17.4 Å². The lowest BCUT2D eigenvalue weighted by molar-refractivity contribution is 0.103. The van der Waals surface area contributed by atoms with E-state index in [1.165, 1.54) is 0 Å². The van der Waals surface area contributed by atoms with Crippen molar-refractivity contribution in [1.82, 2.24) is 0 Å². The number of halogens is 1. The zero-order valence-electron chi connectivity index (χ0n) is 12.6. The van der Waals surface area contributed by atoms with Crippen LogP contribution in [0.15, 0.2) is 59.2 Å². The molecule has 1 aliphatic heterocycles. The molecular formula is C19H13ClO4. The molecule has 0 saturated carbocycles. The van der Waals surface area contributed by atoms with E-state index in [9.17, 15) is 4.79 Å². The van der Waals surface area contributed by atoms with E-state index in [2.05, 4.69) is 0 Å². The number of carbonyl (C=O) groups is 1. The smallest absolute Gasteiger partial charge is 0.193 e. The van der Waals surface area contributed by atoms with Crippen LogP contribution < -0.4 is 9.47 Å². The van der Waals surface area contributed by atoms with Gasteiger partial charge in [0.15, 0.2) is 17.3 Å². The Morgan fingerprint density at radius 3 is 2.33 bits per heavy atom. The summed E-state index contributed by atoms with van der Waals surface area (Å²) in [5.74, 6) is 1.65. The zero-order valence-corrected chi connectivity index (χ0v) is 13.4. The Balaban J connectivity index is 1.86. The van der Waals surface area contributed by atoms with E-state index < -0.39 is 0 Å². The Morgan fingerprint density at radius 2 is 1.67 bits per heavy atom. The van der Waals surface area contributed by atoms with Crippen molar-refractivity contribution in [2.75, 3.05) is 13.2 Å². The molecule has 0 spiro atoms. The number of carbonyl (C=O) groups excluding carboxylic acids is 1. The predicted molar refractivity (Wildman–Crippen MR) is 90.0 cm³/mol. The highest BCUT2D eigenvalue weighted by Gasteiger charge is 2.22. The van der Waals surface area contributed by atoms with Crippen molar-refractivity contribution in [1.29, 1.82) is 0 Å². The monoisotopic (exact) mass is 340 g/mol. The highest BCUT2D eigenvalue weighted by atomic mass is 35.5. The van der Waals surface area contributed by atoms with E-state index in [4.69, 9.17) is 25.5 Å². The van der Waals surface area contributed by atoms with Crippen LogP contribution in [-0.2, 0) is 0 Å². The quantitative estimate of drug-likeness (QED) is 0.654. The fraction of sp³-hybridized carbons (Fsp3) is 0.105. The summed E-state index contributed by atoms with van der Waals surface area (Å²) in [6.07, 6.45) is 1.57. The minimum Gasteiger partial charge on any atom is -0.486 e. The first-order valence-corrected chi connectivity index (χ1v) is 7.88. The molecule has 5 heteroatoms. The summed E-state index contributed by atoms with van der Waals surface area (Å²) in [5, 5.41) is 0.583. The average molecular weight is 341 g/mol. The van der Waals surface area contributed by atoms with Gasteiger partial charge in [0.05, 0.1) is 6.26 Å². The predicted octanol–water partition coefficient (Wildman–Crippen LogP) is 4.60. The molecular weight excluding hydrogens is 328 g/mol. The maximum Gasteiger partial charge on any atom is 0.193 e. The van der Waals surface area contributed by atoms with E-state index in [1.54, 1.807) is 48.7 Å². The molecule has 0 N–H and O–H groups in total. The molecule has 4 rings (SSSR count). The van der Waals surface area contributed by atoms with Crippen LogP contribution in [0.1, 0.15) is 15.9 Å². The average Bonchev–Trinajstić information content (AvgIpc) is 3.15. The van der Waals surface area contributed by atoms with Crippen LogP contribution in [-0.4, -0.2) is 19.0 Å². The minimum absolute atomic E-state index is 0.130. The van der Waals surface area contributed by atoms with Gasteiger partial charge in [-0.3, -0.25) is 4.79 Å². The van der Waals surface area contributed by atoms with Gasteiger partial charge in [0.25, 0.3) is 0 Å². The van der Waals surface area contributed by atoms with Crippen molar-refractivity contribution in [2.45, 2.75) is 0 Å². The molecule has 1 aromatic heterocycles. The van der Waals surface area contributed by atoms with E-state index in [0.29, 0.717) is 52.2 Å². The molecule has 0 aliphatic carbocycles. The fourth-order valence-electron chi connectivity index (χ4n) is 2.67. The second kappa shape index (κ2) is 6.06. The van der Waals surface area contributed by atoms with E-state index in [0.717, 1.165) is 0 Å². The SMILES string of the molecule is O=C(c1ccc(Cl)cc1)c1cc2c(cc1-c1ccco1)OCCO2. The lowest BCUT2D eigenvalue weighted by Crippen LogP contribution is -2.16. The van der Waals surface area contributed by atoms with Gasteiger partial charge in [-0.15, -0.1) is 0 Å². The summed E-state index contributed by atoms with van der Waals surface area (Å²) < 4.78 is 16.7. The topological polar surface area (TPSA) is 48.7 Å². The van der Waals surface area contributed by atoms with Gasteiger partial charge >= 0.3 is 0 Å². The van der Waals surface area contributed by atoms with Crippen molar-refractivity contribution in [3.8, 4) is 22.8 Å². The van der Waals surface area contributed by atoms with E-state index in [-0.39, 0.29) is 5.78 Å². The summed E-state index contributed by atoms with van der Waals surface area (Å²) in [6.45, 7) is 0.941. The minimum atomic E-state index is -0.130. The molecule has 4 nitrogen and oxygen atoms in total. The maximum atomic E-state index is 13.0. The van der Waals surface area contributed by atoms with Gasteiger partial charge in [-0.25, -0.2) is 0 Å². The van der Waals surface area contributed by atoms with Crippen LogP contribution in [0.2, 0.25) is 5.02 Å². The highest BCUT2D eigenvalue weighted by molar-refractivity contribution is 6.30. The number of ketones is 1. The molecule has 0 saturated heterocycles. The number of rotatable bonds is 3. The van der Waals surface area contributed by atoms with Gasteiger partial charge in [-0.05, 0) is 48.5 Å². The van der Waals surface area contributed by atoms with Gasteiger partial charge in [0, 0.05) is 21.7 Å². The molecule has 0 fully saturated rings. The normalized spacial score (nSPS) is 12.9. The molecule has 120 valence electrons. The zero-order chi connectivity index (χ0) is 16.5. The number of ether oxygens (including phenoxy) is 2. The third kappa shape index (κ3) is 2.65. The molecule has 1 aliphatic rings. The fourth-order valence-corrected chi connectivity index (χ4v) is 2.80. The Labute approximate surface area is 143 Å². The Hall–Kier alpha value is -2.72. The number of benzene rings is 2. The van der Waals surface area contributed by atoms with Gasteiger partial charge < -0.3 is 13.9 Å². The lowest BCUT2D eigenvalue weighted by Gasteiger charge is -2.20. The molecule has 3 aromatic rings. The summed E-state index contributed by atoms with van der Waals surface area (Å²) in [4.78, 5) is 13.0. The van der Waals surface area contributed by atoms with E-state index in [1.807, 2.05) is 6.07 Å². The standard InChI is InChI=1S/C19H13ClO4/c20-13-5-3-12(4-6-13)19(21)15-11-18-17(23-8-9-24-18)10-14(15)16-2-1-7-22-16/h1-7,10-11H,8-9H2. The molecule has 0 atom stereocenters. The second-order valence-electron chi connectivity index (χ2n) is 5.35. The molecule has 2 heterocycles. The first-order chi connectivity index (χ1) is 11.7. The lowest BCUT2D eigenvalue weighted by atomic mass is 9.96. The molecule has 0 unspecified atom stereocenters. The van der Waals surface area contributed by atoms with Crippen molar-refractivity contribution in [3.05, 3.63) is 70.9 Å². The van der Waals surface area contributed by atoms with Gasteiger partial charge in [0.2, 0.25) is 0 Å². The number of hydrogen-bond acceptors (Lipinski definition) is 4. The largest absolute Gasteiger partial charge is 0.486 e. The second-order valence-corrected chi connectivity index (χ2v) is 5.79. The first kappa shape index (κ1) is 14.8. The Morgan fingerprint density at radius 1 is 0.958 bits per heavy atom. The number of furan rings is 1. The number of fused-ring (bicyclic) bond motifs is 1. The van der Waals surface area contributed by atoms with Crippen LogP contribution in [0, 0.1) is 0 Å². The molecule has 0 radical (unpaired) electrons. The van der Waals surface area contributed by atoms with Gasteiger partial charge in [-0.2, -0.15) is 0 Å². The summed E-state index contributed by atoms with van der Waals surface area (Å²) >= 11 is 5.91. The Kier molecular flexibility index (Phi) is 3.75. The summed E-state index contributed by atoms with van der Waals surface area (Å²) in [6, 6.07) is 13.9. The van der Waals surface area contributed by atoms with Gasteiger partial charge in [0.1, 0.15) is 19.0 Å². The molecule has 0 amide bonds. The molecule has 2 aromatic carbocycles. The van der Waals surface area contributed by atoms with Crippen LogP contribution in [0.4, 0.5) is 0 Å². The van der Waals surface area contributed by atoms with Crippen LogP contribution in [0.5, 0.6) is 11.5 Å². The third-order valence-corrected chi connectivity index (χ3v) is 4.07.